The smallest absolute Gasteiger partial charge is 0.256 e. The Hall–Kier alpha value is -1.40. The predicted octanol–water partition coefficient (Wildman–Crippen LogP) is 3.34. The molecule has 7 heteroatoms. The molecular formula is C14H19ClN4OS. The summed E-state index contributed by atoms with van der Waals surface area (Å²) in [4.78, 5) is 16.6. The summed E-state index contributed by atoms with van der Waals surface area (Å²) < 4.78 is 1.70. The Bertz CT molecular complexity index is 635. The minimum Gasteiger partial charge on any atom is -0.345 e. The van der Waals surface area contributed by atoms with Crippen LogP contribution in [0, 0.1) is 13.8 Å². The van der Waals surface area contributed by atoms with Crippen LogP contribution in [0.5, 0.6) is 0 Å². The van der Waals surface area contributed by atoms with Gasteiger partial charge in [-0.25, -0.2) is 4.98 Å². The summed E-state index contributed by atoms with van der Waals surface area (Å²) in [5.74, 6) is -0.201. The van der Waals surface area contributed by atoms with Crippen molar-refractivity contribution in [1.29, 1.82) is 0 Å². The molecule has 2 aromatic rings. The average molecular weight is 327 g/mol. The lowest BCUT2D eigenvalue weighted by molar-refractivity contribution is 0.0950. The van der Waals surface area contributed by atoms with Crippen molar-refractivity contribution in [3.8, 4) is 0 Å². The molecule has 0 radical (unpaired) electrons. The Morgan fingerprint density at radius 1 is 1.48 bits per heavy atom. The summed E-state index contributed by atoms with van der Waals surface area (Å²) in [6.07, 6.45) is 2.04. The van der Waals surface area contributed by atoms with Crippen molar-refractivity contribution in [2.75, 3.05) is 0 Å². The summed E-state index contributed by atoms with van der Waals surface area (Å²) in [7, 11) is 0. The van der Waals surface area contributed by atoms with Crippen LogP contribution in [-0.2, 0) is 13.1 Å². The molecule has 1 amide bonds. The molecule has 0 aliphatic carbocycles. The fourth-order valence-electron chi connectivity index (χ4n) is 2.00. The quantitative estimate of drug-likeness (QED) is 0.885. The number of nitrogens with zero attached hydrogens (tertiary/aromatic N) is 3. The second kappa shape index (κ2) is 7.04. The Morgan fingerprint density at radius 3 is 2.86 bits per heavy atom. The highest BCUT2D eigenvalue weighted by molar-refractivity contribution is 7.09. The van der Waals surface area contributed by atoms with Gasteiger partial charge in [-0.2, -0.15) is 5.10 Å². The summed E-state index contributed by atoms with van der Waals surface area (Å²) in [5, 5.41) is 10.4. The van der Waals surface area contributed by atoms with Crippen LogP contribution in [0.2, 0.25) is 5.15 Å². The number of aryl methyl sites for hydroxylation is 3. The first-order valence-electron chi connectivity index (χ1n) is 6.95. The third-order valence-electron chi connectivity index (χ3n) is 3.08. The molecule has 1 N–H and O–H groups in total. The second-order valence-corrected chi connectivity index (χ2v) is 6.19. The number of unbranched alkanes of at least 4 members (excludes halogenated alkanes) is 1. The summed E-state index contributed by atoms with van der Waals surface area (Å²) in [5.41, 5.74) is 2.08. The van der Waals surface area contributed by atoms with Crippen molar-refractivity contribution in [2.45, 2.75) is 46.7 Å². The Morgan fingerprint density at radius 2 is 2.24 bits per heavy atom. The van der Waals surface area contributed by atoms with E-state index in [0.29, 0.717) is 23.0 Å². The zero-order valence-electron chi connectivity index (χ0n) is 12.4. The van der Waals surface area contributed by atoms with E-state index in [9.17, 15) is 4.79 Å². The Balaban J connectivity index is 2.06. The van der Waals surface area contributed by atoms with Gasteiger partial charge in [0, 0.05) is 17.6 Å². The maximum absolute atomic E-state index is 12.3. The van der Waals surface area contributed by atoms with Gasteiger partial charge in [-0.3, -0.25) is 9.48 Å². The third-order valence-corrected chi connectivity index (χ3v) is 4.43. The summed E-state index contributed by atoms with van der Waals surface area (Å²) in [6.45, 7) is 6.98. The lowest BCUT2D eigenvalue weighted by atomic mass is 10.2. The molecule has 21 heavy (non-hydrogen) atoms. The van der Waals surface area contributed by atoms with Gasteiger partial charge in [0.15, 0.2) is 0 Å². The highest BCUT2D eigenvalue weighted by Gasteiger charge is 2.20. The number of nitrogens with one attached hydrogen (secondary N) is 1. The number of amides is 1. The van der Waals surface area contributed by atoms with Gasteiger partial charge in [-0.1, -0.05) is 24.9 Å². The molecule has 0 aliphatic heterocycles. The fraction of sp³-hybridized carbons (Fsp3) is 0.500. The molecule has 0 saturated carbocycles. The first-order valence-corrected chi connectivity index (χ1v) is 8.20. The Labute approximate surface area is 133 Å². The van der Waals surface area contributed by atoms with E-state index in [1.807, 2.05) is 12.3 Å². The minimum atomic E-state index is -0.201. The van der Waals surface area contributed by atoms with Crippen molar-refractivity contribution in [3.05, 3.63) is 32.5 Å². The molecule has 2 heterocycles. The zero-order chi connectivity index (χ0) is 15.4. The number of hydrogen-bond acceptors (Lipinski definition) is 4. The monoisotopic (exact) mass is 326 g/mol. The first kappa shape index (κ1) is 16.0. The highest BCUT2D eigenvalue weighted by atomic mass is 35.5. The van der Waals surface area contributed by atoms with Gasteiger partial charge in [-0.15, -0.1) is 11.3 Å². The molecule has 2 aromatic heterocycles. The van der Waals surface area contributed by atoms with E-state index >= 15 is 0 Å². The van der Waals surface area contributed by atoms with E-state index in [0.717, 1.165) is 30.1 Å². The number of carbonyl (C=O) groups is 1. The van der Waals surface area contributed by atoms with E-state index in [2.05, 4.69) is 22.3 Å². The molecule has 2 rings (SSSR count). The molecule has 0 unspecified atom stereocenters. The number of hydrogen-bond donors (Lipinski definition) is 1. The van der Waals surface area contributed by atoms with Gasteiger partial charge in [0.05, 0.1) is 17.8 Å². The lowest BCUT2D eigenvalue weighted by Crippen LogP contribution is -2.23. The average Bonchev–Trinajstić information content (AvgIpc) is 2.98. The number of aromatic nitrogens is 3. The Kier molecular flexibility index (Phi) is 5.36. The third kappa shape index (κ3) is 3.83. The first-order chi connectivity index (χ1) is 10.0. The van der Waals surface area contributed by atoms with Gasteiger partial charge < -0.3 is 5.32 Å². The van der Waals surface area contributed by atoms with Crippen LogP contribution in [0.15, 0.2) is 5.38 Å². The van der Waals surface area contributed by atoms with Gasteiger partial charge in [0.2, 0.25) is 0 Å². The minimum absolute atomic E-state index is 0.201. The maximum atomic E-state index is 12.3. The fourth-order valence-corrected chi connectivity index (χ4v) is 3.05. The lowest BCUT2D eigenvalue weighted by Gasteiger charge is -2.04. The summed E-state index contributed by atoms with van der Waals surface area (Å²) in [6, 6.07) is 0. The van der Waals surface area contributed by atoms with E-state index in [1.54, 1.807) is 11.6 Å². The molecule has 0 spiro atoms. The van der Waals surface area contributed by atoms with E-state index in [4.69, 9.17) is 11.6 Å². The van der Waals surface area contributed by atoms with Crippen molar-refractivity contribution in [2.24, 2.45) is 0 Å². The molecule has 0 fully saturated rings. The number of rotatable bonds is 6. The SMILES string of the molecule is CCCCn1nc(C)c(C(=O)NCc2nc(C)cs2)c1Cl. The molecule has 0 bridgehead atoms. The normalized spacial score (nSPS) is 10.9. The molecule has 0 aliphatic rings. The topological polar surface area (TPSA) is 59.8 Å². The van der Waals surface area contributed by atoms with Crippen LogP contribution < -0.4 is 5.32 Å². The zero-order valence-corrected chi connectivity index (χ0v) is 14.0. The van der Waals surface area contributed by atoms with Crippen LogP contribution >= 0.6 is 22.9 Å². The standard InChI is InChI=1S/C14H19ClN4OS/c1-4-5-6-19-13(15)12(10(3)18-19)14(20)16-7-11-17-9(2)8-21-11/h8H,4-7H2,1-3H3,(H,16,20). The van der Waals surface area contributed by atoms with Crippen LogP contribution in [0.1, 0.15) is 46.5 Å². The number of thiazole rings is 1. The van der Waals surface area contributed by atoms with Gasteiger partial charge >= 0.3 is 0 Å². The van der Waals surface area contributed by atoms with E-state index in [-0.39, 0.29) is 5.91 Å². The van der Waals surface area contributed by atoms with Crippen LogP contribution in [0.4, 0.5) is 0 Å². The molecular weight excluding hydrogens is 308 g/mol. The van der Waals surface area contributed by atoms with Crippen LogP contribution in [-0.4, -0.2) is 20.7 Å². The van der Waals surface area contributed by atoms with Crippen molar-refractivity contribution >= 4 is 28.8 Å². The van der Waals surface area contributed by atoms with Crippen LogP contribution in [0.3, 0.4) is 0 Å². The molecule has 0 saturated heterocycles. The van der Waals surface area contributed by atoms with Gasteiger partial charge in [0.1, 0.15) is 10.2 Å². The van der Waals surface area contributed by atoms with Gasteiger partial charge in [0.25, 0.3) is 5.91 Å². The molecule has 0 aromatic carbocycles. The largest absolute Gasteiger partial charge is 0.345 e. The number of carbonyl (C=O) groups excluding carboxylic acids is 1. The summed E-state index contributed by atoms with van der Waals surface area (Å²) >= 11 is 7.80. The van der Waals surface area contributed by atoms with Crippen molar-refractivity contribution < 1.29 is 4.79 Å². The number of halogens is 1. The van der Waals surface area contributed by atoms with Crippen molar-refractivity contribution in [1.82, 2.24) is 20.1 Å². The predicted molar refractivity (Wildman–Crippen MR) is 84.9 cm³/mol. The second-order valence-electron chi connectivity index (χ2n) is 4.89. The van der Waals surface area contributed by atoms with Crippen LogP contribution in [0.25, 0.3) is 0 Å². The molecule has 5 nitrogen and oxygen atoms in total. The van der Waals surface area contributed by atoms with E-state index in [1.165, 1.54) is 11.3 Å². The molecule has 0 atom stereocenters. The molecule has 114 valence electrons. The van der Waals surface area contributed by atoms with Crippen molar-refractivity contribution in [3.63, 3.8) is 0 Å². The van der Waals surface area contributed by atoms with E-state index < -0.39 is 0 Å². The highest BCUT2D eigenvalue weighted by Crippen LogP contribution is 2.20. The van der Waals surface area contributed by atoms with Gasteiger partial charge in [-0.05, 0) is 20.3 Å². The maximum Gasteiger partial charge on any atom is 0.256 e.